The number of nitrogens with zero attached hydrogens (tertiary/aromatic N) is 5. The molecular weight excluding hydrogens is 366 g/mol. The molecule has 124 valence electrons. The molecule has 24 heavy (non-hydrogen) atoms. The van der Waals surface area contributed by atoms with Gasteiger partial charge in [0.15, 0.2) is 0 Å². The molecule has 0 radical (unpaired) electrons. The molecule has 3 aromatic rings. The van der Waals surface area contributed by atoms with Gasteiger partial charge in [-0.3, -0.25) is 0 Å². The Labute approximate surface area is 149 Å². The number of halogens is 1. The number of pyridine rings is 1. The SMILES string of the molecule is CCc1cnc(N2CCC(n3ccc4cc(Br)cnc43)CC2)nc1. The lowest BCUT2D eigenvalue weighted by molar-refractivity contribution is 0.401. The number of hydrogen-bond acceptors (Lipinski definition) is 4. The van der Waals surface area contributed by atoms with Gasteiger partial charge in [0, 0.05) is 53.8 Å². The van der Waals surface area contributed by atoms with E-state index >= 15 is 0 Å². The third-order valence-corrected chi connectivity index (χ3v) is 5.20. The van der Waals surface area contributed by atoms with Gasteiger partial charge in [-0.25, -0.2) is 15.0 Å². The lowest BCUT2D eigenvalue weighted by Gasteiger charge is -2.32. The van der Waals surface area contributed by atoms with Crippen molar-refractivity contribution in [3.63, 3.8) is 0 Å². The molecule has 1 aliphatic heterocycles. The zero-order valence-corrected chi connectivity index (χ0v) is 15.3. The topological polar surface area (TPSA) is 46.8 Å². The van der Waals surface area contributed by atoms with Crippen LogP contribution in [0, 0.1) is 0 Å². The minimum atomic E-state index is 0.488. The summed E-state index contributed by atoms with van der Waals surface area (Å²) in [6, 6.07) is 4.76. The maximum Gasteiger partial charge on any atom is 0.225 e. The van der Waals surface area contributed by atoms with Gasteiger partial charge in [0.1, 0.15) is 5.65 Å². The van der Waals surface area contributed by atoms with Gasteiger partial charge in [0.25, 0.3) is 0 Å². The molecule has 1 fully saturated rings. The largest absolute Gasteiger partial charge is 0.341 e. The summed E-state index contributed by atoms with van der Waals surface area (Å²) in [5.74, 6) is 0.852. The highest BCUT2D eigenvalue weighted by Gasteiger charge is 2.23. The van der Waals surface area contributed by atoms with Crippen LogP contribution >= 0.6 is 15.9 Å². The summed E-state index contributed by atoms with van der Waals surface area (Å²) in [6.45, 7) is 4.08. The van der Waals surface area contributed by atoms with E-state index in [4.69, 9.17) is 0 Å². The van der Waals surface area contributed by atoms with Crippen molar-refractivity contribution in [2.24, 2.45) is 0 Å². The molecule has 0 unspecified atom stereocenters. The van der Waals surface area contributed by atoms with Crippen LogP contribution in [0.4, 0.5) is 5.95 Å². The van der Waals surface area contributed by atoms with Crippen molar-refractivity contribution in [3.8, 4) is 0 Å². The van der Waals surface area contributed by atoms with Crippen LogP contribution in [0.15, 0.2) is 41.4 Å². The van der Waals surface area contributed by atoms with Gasteiger partial charge in [0.05, 0.1) is 0 Å². The number of aromatic nitrogens is 4. The fraction of sp³-hybridized carbons (Fsp3) is 0.389. The van der Waals surface area contributed by atoms with E-state index in [1.807, 2.05) is 18.6 Å². The number of piperidine rings is 1. The number of hydrogen-bond donors (Lipinski definition) is 0. The Morgan fingerprint density at radius 3 is 2.58 bits per heavy atom. The van der Waals surface area contributed by atoms with E-state index in [0.717, 1.165) is 48.4 Å². The molecule has 6 heteroatoms. The van der Waals surface area contributed by atoms with Gasteiger partial charge in [0.2, 0.25) is 5.95 Å². The Balaban J connectivity index is 1.48. The molecule has 1 saturated heterocycles. The van der Waals surface area contributed by atoms with Gasteiger partial charge in [-0.05, 0) is 52.9 Å². The molecule has 0 saturated carbocycles. The van der Waals surface area contributed by atoms with Crippen LogP contribution in [-0.2, 0) is 6.42 Å². The fourth-order valence-electron chi connectivity index (χ4n) is 3.35. The predicted molar refractivity (Wildman–Crippen MR) is 99.3 cm³/mol. The normalized spacial score (nSPS) is 16.0. The Kier molecular flexibility index (Phi) is 4.22. The molecule has 0 spiro atoms. The van der Waals surface area contributed by atoms with Crippen LogP contribution < -0.4 is 4.90 Å². The summed E-state index contributed by atoms with van der Waals surface area (Å²) in [5.41, 5.74) is 2.25. The van der Waals surface area contributed by atoms with E-state index < -0.39 is 0 Å². The summed E-state index contributed by atoms with van der Waals surface area (Å²) < 4.78 is 3.34. The monoisotopic (exact) mass is 385 g/mol. The summed E-state index contributed by atoms with van der Waals surface area (Å²) >= 11 is 3.49. The van der Waals surface area contributed by atoms with Crippen molar-refractivity contribution in [2.45, 2.75) is 32.2 Å². The van der Waals surface area contributed by atoms with E-state index in [2.05, 4.69) is 65.6 Å². The van der Waals surface area contributed by atoms with Crippen molar-refractivity contribution in [1.82, 2.24) is 19.5 Å². The second kappa shape index (κ2) is 6.51. The summed E-state index contributed by atoms with van der Waals surface area (Å²) in [4.78, 5) is 15.9. The van der Waals surface area contributed by atoms with Crippen LogP contribution in [0.5, 0.6) is 0 Å². The number of aryl methyl sites for hydroxylation is 1. The van der Waals surface area contributed by atoms with Crippen LogP contribution in [0.25, 0.3) is 11.0 Å². The molecule has 3 aromatic heterocycles. The first-order valence-electron chi connectivity index (χ1n) is 8.42. The van der Waals surface area contributed by atoms with Gasteiger partial charge in [-0.2, -0.15) is 0 Å². The molecule has 0 amide bonds. The molecule has 4 heterocycles. The standard InChI is InChI=1S/C18H20BrN5/c1-2-13-10-21-18(22-11-13)23-6-4-16(5-7-23)24-8-3-14-9-15(19)12-20-17(14)24/h3,8-12,16H,2,4-7H2,1H3. The Bertz CT molecular complexity index is 834. The van der Waals surface area contributed by atoms with Crippen molar-refractivity contribution < 1.29 is 0 Å². The fourth-order valence-corrected chi connectivity index (χ4v) is 3.70. The van der Waals surface area contributed by atoms with E-state index in [0.29, 0.717) is 6.04 Å². The quantitative estimate of drug-likeness (QED) is 0.683. The van der Waals surface area contributed by atoms with Gasteiger partial charge >= 0.3 is 0 Å². The van der Waals surface area contributed by atoms with Crippen molar-refractivity contribution in [3.05, 3.63) is 47.0 Å². The van der Waals surface area contributed by atoms with E-state index in [-0.39, 0.29) is 0 Å². The molecule has 0 atom stereocenters. The Hall–Kier alpha value is -1.95. The molecule has 0 aliphatic carbocycles. The van der Waals surface area contributed by atoms with Crippen LogP contribution in [-0.4, -0.2) is 32.6 Å². The molecular formula is C18H20BrN5. The van der Waals surface area contributed by atoms with Crippen LogP contribution in [0.2, 0.25) is 0 Å². The highest BCUT2D eigenvalue weighted by atomic mass is 79.9. The summed E-state index contributed by atoms with van der Waals surface area (Å²) in [5, 5.41) is 1.19. The Morgan fingerprint density at radius 2 is 1.88 bits per heavy atom. The molecule has 5 nitrogen and oxygen atoms in total. The first-order chi connectivity index (χ1) is 11.7. The van der Waals surface area contributed by atoms with Crippen molar-refractivity contribution in [2.75, 3.05) is 18.0 Å². The zero-order valence-electron chi connectivity index (χ0n) is 13.7. The van der Waals surface area contributed by atoms with Crippen molar-refractivity contribution >= 4 is 32.9 Å². The predicted octanol–water partition coefficient (Wildman–Crippen LogP) is 3.99. The van der Waals surface area contributed by atoms with E-state index in [1.165, 1.54) is 10.9 Å². The van der Waals surface area contributed by atoms with Crippen molar-refractivity contribution in [1.29, 1.82) is 0 Å². The minimum absolute atomic E-state index is 0.488. The maximum atomic E-state index is 4.59. The van der Waals surface area contributed by atoms with Gasteiger partial charge in [-0.15, -0.1) is 0 Å². The van der Waals surface area contributed by atoms with E-state index in [9.17, 15) is 0 Å². The zero-order chi connectivity index (χ0) is 16.5. The molecule has 0 N–H and O–H groups in total. The summed E-state index contributed by atoms with van der Waals surface area (Å²) in [6.07, 6.45) is 11.1. The summed E-state index contributed by atoms with van der Waals surface area (Å²) in [7, 11) is 0. The van der Waals surface area contributed by atoms with E-state index in [1.54, 1.807) is 0 Å². The molecule has 1 aliphatic rings. The third-order valence-electron chi connectivity index (χ3n) is 4.76. The van der Waals surface area contributed by atoms with Gasteiger partial charge in [-0.1, -0.05) is 6.92 Å². The lowest BCUT2D eigenvalue weighted by atomic mass is 10.1. The molecule has 0 bridgehead atoms. The van der Waals surface area contributed by atoms with Crippen LogP contribution in [0.1, 0.15) is 31.4 Å². The average Bonchev–Trinajstić information content (AvgIpc) is 3.05. The Morgan fingerprint density at radius 1 is 1.12 bits per heavy atom. The first-order valence-corrected chi connectivity index (χ1v) is 9.22. The highest BCUT2D eigenvalue weighted by Crippen LogP contribution is 2.29. The number of fused-ring (bicyclic) bond motifs is 1. The van der Waals surface area contributed by atoms with Crippen LogP contribution in [0.3, 0.4) is 0 Å². The third kappa shape index (κ3) is 2.90. The second-order valence-corrected chi connectivity index (χ2v) is 7.17. The number of anilines is 1. The van der Waals surface area contributed by atoms with Gasteiger partial charge < -0.3 is 9.47 Å². The first kappa shape index (κ1) is 15.6. The minimum Gasteiger partial charge on any atom is -0.341 e. The smallest absolute Gasteiger partial charge is 0.225 e. The maximum absolute atomic E-state index is 4.59. The lowest BCUT2D eigenvalue weighted by Crippen LogP contribution is -2.35. The highest BCUT2D eigenvalue weighted by molar-refractivity contribution is 9.10. The number of rotatable bonds is 3. The second-order valence-electron chi connectivity index (χ2n) is 6.25. The average molecular weight is 386 g/mol. The molecule has 4 rings (SSSR count). The molecule has 0 aromatic carbocycles.